The summed E-state index contributed by atoms with van der Waals surface area (Å²) in [7, 11) is 0. The highest BCUT2D eigenvalue weighted by Gasteiger charge is 2.73. The average molecular weight is 391 g/mol. The molecule has 2 rings (SSSR count). The number of nitrogens with zero attached hydrogens (tertiary/aromatic N) is 1. The molecule has 1 aliphatic rings. The fourth-order valence-corrected chi connectivity index (χ4v) is 2.84. The predicted octanol–water partition coefficient (Wildman–Crippen LogP) is 3.63. The Morgan fingerprint density at radius 2 is 1.56 bits per heavy atom. The zero-order chi connectivity index (χ0) is 18.4. The Kier molecular flexibility index (Phi) is 5.76. The van der Waals surface area contributed by atoms with Crippen molar-refractivity contribution in [2.24, 2.45) is 11.1 Å². The number of amides is 1. The molecule has 1 atom stereocenters. The van der Waals surface area contributed by atoms with Crippen molar-refractivity contribution in [1.29, 1.82) is 0 Å². The molecule has 142 valence electrons. The van der Waals surface area contributed by atoms with Crippen LogP contribution in [0.5, 0.6) is 0 Å². The molecule has 0 spiro atoms. The van der Waals surface area contributed by atoms with E-state index in [9.17, 15) is 31.1 Å². The van der Waals surface area contributed by atoms with Crippen molar-refractivity contribution in [3.8, 4) is 0 Å². The van der Waals surface area contributed by atoms with Crippen LogP contribution in [0.15, 0.2) is 30.3 Å². The van der Waals surface area contributed by atoms with E-state index in [0.29, 0.717) is 10.5 Å². The van der Waals surface area contributed by atoms with E-state index in [1.165, 1.54) is 19.1 Å². The summed E-state index contributed by atoms with van der Waals surface area (Å²) in [6.45, 7) is -0.859. The van der Waals surface area contributed by atoms with Gasteiger partial charge in [0.05, 0.1) is 0 Å². The van der Waals surface area contributed by atoms with E-state index in [0.717, 1.165) is 0 Å². The van der Waals surface area contributed by atoms with Gasteiger partial charge in [-0.2, -0.15) is 26.3 Å². The SMILES string of the molecule is CC(N)(C(=O)N1CCC(C(F)(F)F)(C(F)(F)F)C1)c1ccccc1.Cl. The fourth-order valence-electron chi connectivity index (χ4n) is 2.84. The Balaban J connectivity index is 0.00000312. The molecule has 1 fully saturated rings. The predicted molar refractivity (Wildman–Crippen MR) is 81.0 cm³/mol. The van der Waals surface area contributed by atoms with Crippen LogP contribution >= 0.6 is 12.4 Å². The summed E-state index contributed by atoms with van der Waals surface area (Å²) in [6.07, 6.45) is -12.2. The normalized spacial score (nSPS) is 19.9. The lowest BCUT2D eigenvalue weighted by Crippen LogP contribution is -2.55. The second-order valence-electron chi connectivity index (χ2n) is 6.12. The molecule has 10 heteroatoms. The second-order valence-corrected chi connectivity index (χ2v) is 6.12. The summed E-state index contributed by atoms with van der Waals surface area (Å²) < 4.78 is 78.5. The van der Waals surface area contributed by atoms with Gasteiger partial charge in [0.1, 0.15) is 5.54 Å². The molecule has 0 aliphatic carbocycles. The van der Waals surface area contributed by atoms with Gasteiger partial charge in [-0.1, -0.05) is 30.3 Å². The molecule has 1 aliphatic heterocycles. The number of likely N-dealkylation sites (tertiary alicyclic amines) is 1. The first-order chi connectivity index (χ1) is 10.8. The van der Waals surface area contributed by atoms with E-state index in [-0.39, 0.29) is 12.4 Å². The molecule has 1 unspecified atom stereocenters. The van der Waals surface area contributed by atoms with Crippen LogP contribution in [-0.2, 0) is 10.3 Å². The fraction of sp³-hybridized carbons (Fsp3) is 0.533. The molecule has 0 radical (unpaired) electrons. The van der Waals surface area contributed by atoms with Crippen molar-refractivity contribution >= 4 is 18.3 Å². The molecule has 1 aromatic rings. The van der Waals surface area contributed by atoms with Crippen LogP contribution in [0.2, 0.25) is 0 Å². The number of hydrogen-bond acceptors (Lipinski definition) is 2. The lowest BCUT2D eigenvalue weighted by atomic mass is 9.85. The lowest BCUT2D eigenvalue weighted by molar-refractivity contribution is -0.335. The molecule has 25 heavy (non-hydrogen) atoms. The highest BCUT2D eigenvalue weighted by Crippen LogP contribution is 2.55. The molecule has 0 bridgehead atoms. The largest absolute Gasteiger partial charge is 0.404 e. The molecule has 2 N–H and O–H groups in total. The maximum absolute atomic E-state index is 13.1. The summed E-state index contributed by atoms with van der Waals surface area (Å²) in [5, 5.41) is 0. The first-order valence-electron chi connectivity index (χ1n) is 7.10. The number of carbonyl (C=O) groups excluding carboxylic acids is 1. The highest BCUT2D eigenvalue weighted by atomic mass is 35.5. The van der Waals surface area contributed by atoms with Gasteiger partial charge in [0, 0.05) is 13.1 Å². The smallest absolute Gasteiger partial charge is 0.340 e. The van der Waals surface area contributed by atoms with Crippen LogP contribution in [0.3, 0.4) is 0 Å². The number of halogens is 7. The van der Waals surface area contributed by atoms with Crippen molar-refractivity contribution in [2.45, 2.75) is 31.2 Å². The quantitative estimate of drug-likeness (QED) is 0.784. The Labute approximate surface area is 146 Å². The maximum Gasteiger partial charge on any atom is 0.404 e. The van der Waals surface area contributed by atoms with Gasteiger partial charge < -0.3 is 10.6 Å². The first-order valence-corrected chi connectivity index (χ1v) is 7.10. The van der Waals surface area contributed by atoms with Crippen LogP contribution in [0.4, 0.5) is 26.3 Å². The highest BCUT2D eigenvalue weighted by molar-refractivity contribution is 5.87. The number of hydrogen-bond donors (Lipinski definition) is 1. The van der Waals surface area contributed by atoms with Crippen molar-refractivity contribution in [2.75, 3.05) is 13.1 Å². The number of alkyl halides is 6. The number of nitrogens with two attached hydrogens (primary N) is 1. The van der Waals surface area contributed by atoms with Gasteiger partial charge in [-0.05, 0) is 18.9 Å². The van der Waals surface area contributed by atoms with Crippen LogP contribution in [0.1, 0.15) is 18.9 Å². The lowest BCUT2D eigenvalue weighted by Gasteiger charge is -2.35. The van der Waals surface area contributed by atoms with Crippen LogP contribution in [0, 0.1) is 5.41 Å². The van der Waals surface area contributed by atoms with Gasteiger partial charge in [0.25, 0.3) is 0 Å². The number of benzene rings is 1. The summed E-state index contributed by atoms with van der Waals surface area (Å²) in [5.41, 5.74) is 0.598. The van der Waals surface area contributed by atoms with Crippen LogP contribution < -0.4 is 5.73 Å². The number of carbonyl (C=O) groups is 1. The molecule has 1 saturated heterocycles. The molecule has 0 aromatic heterocycles. The van der Waals surface area contributed by atoms with E-state index >= 15 is 0 Å². The Bertz CT molecular complexity index is 601. The Morgan fingerprint density at radius 3 is 1.96 bits per heavy atom. The standard InChI is InChI=1S/C15H16F6N2O.ClH/c1-12(22,10-5-3-2-4-6-10)11(24)23-8-7-13(9-23,14(16,17)18)15(19,20)21;/h2-6H,7-9,22H2,1H3;1H. The van der Waals surface area contributed by atoms with Gasteiger partial charge in [-0.15, -0.1) is 12.4 Å². The van der Waals surface area contributed by atoms with Crippen LogP contribution in [0.25, 0.3) is 0 Å². The molecular formula is C15H17ClF6N2O. The third kappa shape index (κ3) is 3.57. The zero-order valence-electron chi connectivity index (χ0n) is 13.1. The molecule has 1 heterocycles. The first kappa shape index (κ1) is 21.6. The van der Waals surface area contributed by atoms with E-state index < -0.39 is 48.7 Å². The maximum atomic E-state index is 13.1. The molecule has 3 nitrogen and oxygen atoms in total. The van der Waals surface area contributed by atoms with E-state index in [2.05, 4.69) is 0 Å². The Hall–Kier alpha value is -1.48. The van der Waals surface area contributed by atoms with E-state index in [4.69, 9.17) is 5.73 Å². The van der Waals surface area contributed by atoms with Crippen molar-refractivity contribution in [3.63, 3.8) is 0 Å². The van der Waals surface area contributed by atoms with E-state index in [1.807, 2.05) is 0 Å². The molecule has 0 saturated carbocycles. The van der Waals surface area contributed by atoms with Gasteiger partial charge in [0.2, 0.25) is 5.91 Å². The molecule has 1 aromatic carbocycles. The molecule has 1 amide bonds. The summed E-state index contributed by atoms with van der Waals surface area (Å²) in [6, 6.07) is 7.79. The van der Waals surface area contributed by atoms with E-state index in [1.54, 1.807) is 18.2 Å². The van der Waals surface area contributed by atoms with Crippen LogP contribution in [-0.4, -0.2) is 36.2 Å². The van der Waals surface area contributed by atoms with Crippen molar-refractivity contribution in [1.82, 2.24) is 4.90 Å². The second kappa shape index (κ2) is 6.68. The van der Waals surface area contributed by atoms with Gasteiger partial charge >= 0.3 is 12.4 Å². The van der Waals surface area contributed by atoms with Crippen molar-refractivity contribution in [3.05, 3.63) is 35.9 Å². The summed E-state index contributed by atoms with van der Waals surface area (Å²) >= 11 is 0. The minimum atomic E-state index is -5.50. The summed E-state index contributed by atoms with van der Waals surface area (Å²) in [4.78, 5) is 13.0. The zero-order valence-corrected chi connectivity index (χ0v) is 13.9. The van der Waals surface area contributed by atoms with Gasteiger partial charge in [-0.3, -0.25) is 4.79 Å². The monoisotopic (exact) mass is 390 g/mol. The minimum absolute atomic E-state index is 0. The Morgan fingerprint density at radius 1 is 1.08 bits per heavy atom. The summed E-state index contributed by atoms with van der Waals surface area (Å²) in [5.74, 6) is -0.968. The average Bonchev–Trinajstić information content (AvgIpc) is 2.93. The third-order valence-electron chi connectivity index (χ3n) is 4.46. The van der Waals surface area contributed by atoms with Crippen molar-refractivity contribution < 1.29 is 31.1 Å². The third-order valence-corrected chi connectivity index (χ3v) is 4.46. The minimum Gasteiger partial charge on any atom is -0.340 e. The molecular weight excluding hydrogens is 374 g/mol. The van der Waals surface area contributed by atoms with Gasteiger partial charge in [-0.25, -0.2) is 0 Å². The number of rotatable bonds is 2. The van der Waals surface area contributed by atoms with Gasteiger partial charge in [0.15, 0.2) is 5.41 Å². The topological polar surface area (TPSA) is 46.3 Å².